The van der Waals surface area contributed by atoms with Crippen molar-refractivity contribution in [2.75, 3.05) is 60.6 Å². The molecule has 3 saturated heterocycles. The summed E-state index contributed by atoms with van der Waals surface area (Å²) in [6.07, 6.45) is 7.31. The van der Waals surface area contributed by atoms with Gasteiger partial charge in [-0.3, -0.25) is 14.4 Å². The largest absolute Gasteiger partial charge is 0.494 e. The summed E-state index contributed by atoms with van der Waals surface area (Å²) < 4.78 is 4.90. The number of carbonyl (C=O) groups excluding carboxylic acids is 3. The summed E-state index contributed by atoms with van der Waals surface area (Å²) in [6.45, 7) is 19.7. The van der Waals surface area contributed by atoms with E-state index in [9.17, 15) is 14.7 Å². The van der Waals surface area contributed by atoms with Gasteiger partial charge in [-0.05, 0) is 94.5 Å². The van der Waals surface area contributed by atoms with Crippen molar-refractivity contribution in [2.24, 2.45) is 17.8 Å². The third kappa shape index (κ3) is 7.31. The third-order valence-corrected chi connectivity index (χ3v) is 13.1. The first-order chi connectivity index (χ1) is 24.7. The molecule has 3 aliphatic heterocycles. The molecule has 3 unspecified atom stereocenters. The molecule has 2 aromatic rings. The van der Waals surface area contributed by atoms with Crippen molar-refractivity contribution in [1.29, 1.82) is 0 Å². The molecule has 3 amide bonds. The summed E-state index contributed by atoms with van der Waals surface area (Å²) in [5.41, 5.74) is 2.57. The van der Waals surface area contributed by atoms with E-state index in [1.54, 1.807) is 33.7 Å². The van der Waals surface area contributed by atoms with Crippen molar-refractivity contribution >= 4 is 46.5 Å². The minimum Gasteiger partial charge on any atom is -0.494 e. The Morgan fingerprint density at radius 3 is 2.04 bits per heavy atom. The van der Waals surface area contributed by atoms with Crippen LogP contribution < -0.4 is 19.4 Å². The normalized spacial score (nSPS) is 24.7. The predicted octanol–water partition coefficient (Wildman–Crippen LogP) is 6.56. The molecular weight excluding hydrogens is 661 g/mol. The molecule has 0 aromatic heterocycles. The molecule has 2 bridgehead atoms. The van der Waals surface area contributed by atoms with Crippen LogP contribution in [0.4, 0.5) is 17.1 Å². The molecule has 6 atom stereocenters. The van der Waals surface area contributed by atoms with Gasteiger partial charge in [0, 0.05) is 61.6 Å². The van der Waals surface area contributed by atoms with Crippen LogP contribution in [-0.2, 0) is 14.4 Å². The molecule has 276 valence electrons. The molecule has 9 nitrogen and oxygen atoms in total. The highest BCUT2D eigenvalue weighted by Crippen LogP contribution is 2.69. The minimum atomic E-state index is -0.747. The molecule has 3 heterocycles. The monoisotopic (exact) mass is 716 g/mol. The van der Waals surface area contributed by atoms with Gasteiger partial charge >= 0.3 is 0 Å². The summed E-state index contributed by atoms with van der Waals surface area (Å²) >= 11 is 1.70. The third-order valence-electron chi connectivity index (χ3n) is 11.0. The Labute approximate surface area is 308 Å². The highest BCUT2D eigenvalue weighted by Gasteiger charge is 2.76. The fourth-order valence-corrected chi connectivity index (χ4v) is 11.0. The number of carbonyl (C=O) groups is 3. The zero-order valence-electron chi connectivity index (χ0n) is 30.8. The number of anilines is 3. The second-order valence-electron chi connectivity index (χ2n) is 13.8. The number of ether oxygens (including phenoxy) is 1. The van der Waals surface area contributed by atoms with Crippen molar-refractivity contribution in [3.63, 3.8) is 0 Å². The van der Waals surface area contributed by atoms with Gasteiger partial charge in [-0.1, -0.05) is 31.9 Å². The van der Waals surface area contributed by atoms with E-state index < -0.39 is 22.6 Å². The average molecular weight is 717 g/mol. The van der Waals surface area contributed by atoms with Gasteiger partial charge in [-0.2, -0.15) is 0 Å². The number of hydrogen-bond acceptors (Lipinski definition) is 7. The summed E-state index contributed by atoms with van der Waals surface area (Å²) in [5, 5.41) is 9.26. The van der Waals surface area contributed by atoms with Gasteiger partial charge in [0.25, 0.3) is 5.91 Å². The van der Waals surface area contributed by atoms with E-state index in [1.807, 2.05) is 60.4 Å². The van der Waals surface area contributed by atoms with Crippen molar-refractivity contribution in [3.05, 3.63) is 73.8 Å². The lowest BCUT2D eigenvalue weighted by Crippen LogP contribution is -2.57. The Morgan fingerprint density at radius 1 is 0.902 bits per heavy atom. The number of hydrogen-bond donors (Lipinski definition) is 1. The van der Waals surface area contributed by atoms with Gasteiger partial charge in [0.1, 0.15) is 11.8 Å². The summed E-state index contributed by atoms with van der Waals surface area (Å²) in [6, 6.07) is 14.8. The Hall–Kier alpha value is -3.76. The number of rotatable bonds is 19. The zero-order valence-corrected chi connectivity index (χ0v) is 31.7. The number of unbranched alkanes of at least 4 members (excludes halogenated alkanes) is 3. The predicted molar refractivity (Wildman–Crippen MR) is 209 cm³/mol. The van der Waals surface area contributed by atoms with Crippen LogP contribution in [-0.4, -0.2) is 89.7 Å². The molecule has 0 saturated carbocycles. The van der Waals surface area contributed by atoms with Crippen LogP contribution >= 0.6 is 11.8 Å². The first-order valence-electron chi connectivity index (χ1n) is 18.7. The van der Waals surface area contributed by atoms with Crippen molar-refractivity contribution in [2.45, 2.75) is 75.8 Å². The van der Waals surface area contributed by atoms with E-state index in [0.717, 1.165) is 55.2 Å². The highest BCUT2D eigenvalue weighted by molar-refractivity contribution is 8.02. The van der Waals surface area contributed by atoms with Crippen LogP contribution in [0.2, 0.25) is 0 Å². The van der Waals surface area contributed by atoms with Crippen molar-refractivity contribution < 1.29 is 24.2 Å². The van der Waals surface area contributed by atoms with Crippen LogP contribution in [0.3, 0.4) is 0 Å². The second kappa shape index (κ2) is 17.2. The molecule has 1 spiro atoms. The Bertz CT molecular complexity index is 1530. The van der Waals surface area contributed by atoms with Gasteiger partial charge in [0.15, 0.2) is 0 Å². The van der Waals surface area contributed by atoms with Crippen LogP contribution in [0, 0.1) is 17.8 Å². The lowest BCUT2D eigenvalue weighted by atomic mass is 9.65. The van der Waals surface area contributed by atoms with Gasteiger partial charge in [0.2, 0.25) is 11.8 Å². The maximum Gasteiger partial charge on any atom is 0.251 e. The molecule has 10 heteroatoms. The summed E-state index contributed by atoms with van der Waals surface area (Å²) in [7, 11) is 0. The van der Waals surface area contributed by atoms with E-state index in [2.05, 4.69) is 38.8 Å². The first kappa shape index (κ1) is 38.5. The Kier molecular flexibility index (Phi) is 13.0. The molecule has 1 N–H and O–H groups in total. The van der Waals surface area contributed by atoms with E-state index in [0.29, 0.717) is 39.1 Å². The SMILES string of the molecule is C=CCN(C(=O)C1N(CCCCCCO)C(=O)[C@@H]2[C@@H](C(=O)N(CC=C)c3ccc(OCC)cc3)[C@H]3CC(C)C12S3)c1ccc(N(CC)CC)cc1. The molecule has 2 aromatic carbocycles. The van der Waals surface area contributed by atoms with Gasteiger partial charge in [-0.15, -0.1) is 24.9 Å². The number of thioether (sulfide) groups is 1. The summed E-state index contributed by atoms with van der Waals surface area (Å²) in [5.74, 6) is -0.746. The smallest absolute Gasteiger partial charge is 0.251 e. The van der Waals surface area contributed by atoms with Crippen LogP contribution in [0.25, 0.3) is 0 Å². The molecule has 5 rings (SSSR count). The maximum atomic E-state index is 15.2. The lowest BCUT2D eigenvalue weighted by Gasteiger charge is -2.41. The number of benzene rings is 2. The minimum absolute atomic E-state index is 0.0489. The van der Waals surface area contributed by atoms with Gasteiger partial charge < -0.3 is 29.4 Å². The molecule has 51 heavy (non-hydrogen) atoms. The van der Waals surface area contributed by atoms with E-state index in [1.165, 1.54) is 0 Å². The lowest BCUT2D eigenvalue weighted by molar-refractivity contribution is -0.139. The number of aliphatic hydroxyl groups is 1. The van der Waals surface area contributed by atoms with Crippen molar-refractivity contribution in [1.82, 2.24) is 4.90 Å². The average Bonchev–Trinajstić information content (AvgIpc) is 3.73. The number of amides is 3. The van der Waals surface area contributed by atoms with E-state index >= 15 is 4.79 Å². The topological polar surface area (TPSA) is 93.6 Å². The number of likely N-dealkylation sites (tertiary alicyclic amines) is 1. The fourth-order valence-electron chi connectivity index (χ4n) is 8.62. The quantitative estimate of drug-likeness (QED) is 0.130. The van der Waals surface area contributed by atoms with E-state index in [-0.39, 0.29) is 35.5 Å². The highest BCUT2D eigenvalue weighted by atomic mass is 32.2. The maximum absolute atomic E-state index is 15.2. The van der Waals surface area contributed by atoms with Gasteiger partial charge in [0.05, 0.1) is 23.2 Å². The Morgan fingerprint density at radius 2 is 1.47 bits per heavy atom. The van der Waals surface area contributed by atoms with Crippen LogP contribution in [0.15, 0.2) is 73.8 Å². The Balaban J connectivity index is 1.53. The second-order valence-corrected chi connectivity index (χ2v) is 15.4. The van der Waals surface area contributed by atoms with Crippen LogP contribution in [0.1, 0.15) is 59.8 Å². The first-order valence-corrected chi connectivity index (χ1v) is 19.6. The molecule has 3 fully saturated rings. The number of fused-ring (bicyclic) bond motifs is 1. The molecule has 0 radical (unpaired) electrons. The molecule has 3 aliphatic rings. The van der Waals surface area contributed by atoms with Crippen LogP contribution in [0.5, 0.6) is 5.75 Å². The standard InChI is InChI=1S/C41H56N4O5S/c1-7-24-43(32-20-22-33(23-21-32)50-11-5)38(47)35-34-28-29(6)41(51-34)36(35)39(48)45(26-14-12-13-15-27-46)37(41)40(49)44(25-8-2)31-18-16-30(17-19-31)42(9-3)10-4/h7-8,16-23,29,34-37,46H,1-2,9-15,24-28H2,3-6H3/t29?,34-,35+,36+,37?,41?/m1/s1. The molecule has 0 aliphatic carbocycles. The number of aliphatic hydroxyl groups excluding tert-OH is 1. The fraction of sp³-hybridized carbons (Fsp3) is 0.537. The van der Waals surface area contributed by atoms with E-state index in [4.69, 9.17) is 4.74 Å². The van der Waals surface area contributed by atoms with Crippen molar-refractivity contribution in [3.8, 4) is 5.75 Å². The van der Waals surface area contributed by atoms with Gasteiger partial charge in [-0.25, -0.2) is 0 Å². The zero-order chi connectivity index (χ0) is 36.7. The molecular formula is C41H56N4O5S. The summed E-state index contributed by atoms with van der Waals surface area (Å²) in [4.78, 5) is 52.4. The number of nitrogens with zero attached hydrogens (tertiary/aromatic N) is 4.